The highest BCUT2D eigenvalue weighted by Gasteiger charge is 2.09. The zero-order valence-corrected chi connectivity index (χ0v) is 12.9. The van der Waals surface area contributed by atoms with Crippen LogP contribution in [0, 0.1) is 5.92 Å². The normalized spacial score (nSPS) is 13.4. The van der Waals surface area contributed by atoms with Crippen molar-refractivity contribution in [3.8, 4) is 0 Å². The van der Waals surface area contributed by atoms with Crippen molar-refractivity contribution in [2.24, 2.45) is 5.92 Å². The molecule has 0 saturated carbocycles. The van der Waals surface area contributed by atoms with Crippen LogP contribution in [0.5, 0.6) is 0 Å². The summed E-state index contributed by atoms with van der Waals surface area (Å²) in [7, 11) is 0. The first-order valence-corrected chi connectivity index (χ1v) is 8.07. The minimum Gasteiger partial charge on any atom is -0.144 e. The van der Waals surface area contributed by atoms with Gasteiger partial charge in [0.05, 0.1) is 0 Å². The smallest absolute Gasteiger partial charge is 0.0345 e. The molecular weight excluding hydrogens is 292 g/mol. The van der Waals surface area contributed by atoms with E-state index in [4.69, 9.17) is 0 Å². The third kappa shape index (κ3) is 3.32. The fraction of sp³-hybridized carbons (Fsp3) is 0.467. The molecule has 0 amide bonds. The number of hydrogen-bond acceptors (Lipinski definition) is 1. The fourth-order valence-electron chi connectivity index (χ4n) is 2.05. The van der Waals surface area contributed by atoms with Crippen molar-refractivity contribution in [2.45, 2.75) is 37.9 Å². The first kappa shape index (κ1) is 13.1. The Morgan fingerprint density at radius 1 is 1.24 bits per heavy atom. The number of aryl methyl sites for hydroxylation is 1. The zero-order chi connectivity index (χ0) is 12.3. The second-order valence-electron chi connectivity index (χ2n) is 4.91. The topological polar surface area (TPSA) is 0 Å². The molecule has 1 heterocycles. The molecule has 0 aliphatic rings. The summed E-state index contributed by atoms with van der Waals surface area (Å²) in [5, 5.41) is 3.77. The third-order valence-corrected chi connectivity index (χ3v) is 5.74. The van der Waals surface area contributed by atoms with Crippen molar-refractivity contribution in [1.82, 2.24) is 0 Å². The lowest BCUT2D eigenvalue weighted by atomic mass is 10.0. The van der Waals surface area contributed by atoms with Crippen molar-refractivity contribution >= 4 is 37.4 Å². The molecule has 17 heavy (non-hydrogen) atoms. The molecule has 0 N–H and O–H groups in total. The summed E-state index contributed by atoms with van der Waals surface area (Å²) in [5.74, 6) is 0.731. The number of thiophene rings is 1. The minimum atomic E-state index is 0.660. The Hall–Kier alpha value is -0.340. The van der Waals surface area contributed by atoms with Crippen LogP contribution < -0.4 is 0 Å². The summed E-state index contributed by atoms with van der Waals surface area (Å²) in [6, 6.07) is 8.72. The number of rotatable bonds is 5. The molecule has 0 radical (unpaired) electrons. The average molecular weight is 311 g/mol. The molecule has 0 bridgehead atoms. The molecule has 0 spiro atoms. The molecule has 0 aliphatic heterocycles. The number of halogens is 1. The highest BCUT2D eigenvalue weighted by Crippen LogP contribution is 2.27. The van der Waals surface area contributed by atoms with Crippen molar-refractivity contribution in [1.29, 1.82) is 0 Å². The fourth-order valence-corrected chi connectivity index (χ4v) is 3.37. The van der Waals surface area contributed by atoms with Gasteiger partial charge in [-0.3, -0.25) is 0 Å². The van der Waals surface area contributed by atoms with E-state index in [1.807, 2.05) is 11.3 Å². The maximum Gasteiger partial charge on any atom is 0.0345 e. The molecule has 2 aromatic rings. The number of fused-ring (bicyclic) bond motifs is 1. The van der Waals surface area contributed by atoms with Gasteiger partial charge in [0, 0.05) is 9.53 Å². The van der Waals surface area contributed by atoms with E-state index in [1.54, 1.807) is 0 Å². The molecule has 2 rings (SSSR count). The molecule has 0 aliphatic carbocycles. The molecule has 92 valence electrons. The quantitative estimate of drug-likeness (QED) is 0.627. The minimum absolute atomic E-state index is 0.660. The predicted octanol–water partition coefficient (Wildman–Crippen LogP) is 5.64. The van der Waals surface area contributed by atoms with Crippen LogP contribution in [0.2, 0.25) is 0 Å². The third-order valence-electron chi connectivity index (χ3n) is 3.21. The van der Waals surface area contributed by atoms with E-state index in [2.05, 4.69) is 59.4 Å². The Bertz CT molecular complexity index is 472. The highest BCUT2D eigenvalue weighted by molar-refractivity contribution is 9.09. The van der Waals surface area contributed by atoms with Gasteiger partial charge >= 0.3 is 0 Å². The lowest BCUT2D eigenvalue weighted by Crippen LogP contribution is -2.06. The van der Waals surface area contributed by atoms with E-state index in [9.17, 15) is 0 Å². The first-order valence-electron chi connectivity index (χ1n) is 6.27. The van der Waals surface area contributed by atoms with Crippen LogP contribution in [0.4, 0.5) is 0 Å². The van der Waals surface area contributed by atoms with Crippen LogP contribution in [-0.2, 0) is 6.42 Å². The van der Waals surface area contributed by atoms with E-state index in [1.165, 1.54) is 34.9 Å². The average Bonchev–Trinajstić information content (AvgIpc) is 2.72. The van der Waals surface area contributed by atoms with Crippen LogP contribution in [0.15, 0.2) is 29.6 Å². The Kier molecular flexibility index (Phi) is 4.63. The van der Waals surface area contributed by atoms with Gasteiger partial charge in [0.25, 0.3) is 0 Å². The van der Waals surface area contributed by atoms with Gasteiger partial charge in [0.2, 0.25) is 0 Å². The van der Waals surface area contributed by atoms with E-state index < -0.39 is 0 Å². The van der Waals surface area contributed by atoms with Crippen molar-refractivity contribution in [3.63, 3.8) is 0 Å². The van der Waals surface area contributed by atoms with E-state index in [0.29, 0.717) is 4.83 Å². The van der Waals surface area contributed by atoms with Gasteiger partial charge in [-0.25, -0.2) is 0 Å². The SMILES string of the molecule is CC(C)C(Br)CCCc1csc2ccccc12. The van der Waals surface area contributed by atoms with E-state index in [0.717, 1.165) is 5.92 Å². The maximum absolute atomic E-state index is 3.76. The molecule has 0 nitrogen and oxygen atoms in total. The van der Waals surface area contributed by atoms with Crippen LogP contribution in [0.3, 0.4) is 0 Å². The van der Waals surface area contributed by atoms with Gasteiger partial charge in [-0.15, -0.1) is 11.3 Å². The zero-order valence-electron chi connectivity index (χ0n) is 10.4. The van der Waals surface area contributed by atoms with Gasteiger partial charge in [-0.05, 0) is 47.6 Å². The van der Waals surface area contributed by atoms with Crippen LogP contribution in [0.1, 0.15) is 32.3 Å². The molecule has 0 fully saturated rings. The lowest BCUT2D eigenvalue weighted by Gasteiger charge is -2.12. The molecule has 0 saturated heterocycles. The molecule has 1 atom stereocenters. The number of hydrogen-bond donors (Lipinski definition) is 0. The summed E-state index contributed by atoms with van der Waals surface area (Å²) >= 11 is 5.63. The summed E-state index contributed by atoms with van der Waals surface area (Å²) in [5.41, 5.74) is 1.52. The van der Waals surface area contributed by atoms with Crippen LogP contribution >= 0.6 is 27.3 Å². The van der Waals surface area contributed by atoms with Gasteiger partial charge in [-0.2, -0.15) is 0 Å². The van der Waals surface area contributed by atoms with Crippen LogP contribution in [0.25, 0.3) is 10.1 Å². The monoisotopic (exact) mass is 310 g/mol. The van der Waals surface area contributed by atoms with Crippen molar-refractivity contribution in [3.05, 3.63) is 35.2 Å². The van der Waals surface area contributed by atoms with Crippen molar-refractivity contribution < 1.29 is 0 Å². The van der Waals surface area contributed by atoms with Gasteiger partial charge in [0.15, 0.2) is 0 Å². The standard InChI is InChI=1S/C15H19BrS/c1-11(2)14(16)8-5-6-12-10-17-15-9-4-3-7-13(12)15/h3-4,7,9-11,14H,5-6,8H2,1-2H3. The Labute approximate surface area is 116 Å². The Morgan fingerprint density at radius 2 is 2.00 bits per heavy atom. The summed E-state index contributed by atoms with van der Waals surface area (Å²) in [4.78, 5) is 0.660. The van der Waals surface area contributed by atoms with Gasteiger partial charge < -0.3 is 0 Å². The first-order chi connectivity index (χ1) is 8.18. The summed E-state index contributed by atoms with van der Waals surface area (Å²) in [6.45, 7) is 4.55. The largest absolute Gasteiger partial charge is 0.144 e. The second kappa shape index (κ2) is 6.01. The highest BCUT2D eigenvalue weighted by atomic mass is 79.9. The summed E-state index contributed by atoms with van der Waals surface area (Å²) < 4.78 is 1.42. The van der Waals surface area contributed by atoms with Crippen molar-refractivity contribution in [2.75, 3.05) is 0 Å². The number of benzene rings is 1. The lowest BCUT2D eigenvalue weighted by molar-refractivity contribution is 0.563. The van der Waals surface area contributed by atoms with Crippen LogP contribution in [-0.4, -0.2) is 4.83 Å². The molecular formula is C15H19BrS. The van der Waals surface area contributed by atoms with E-state index in [-0.39, 0.29) is 0 Å². The van der Waals surface area contributed by atoms with E-state index >= 15 is 0 Å². The van der Waals surface area contributed by atoms with Gasteiger partial charge in [0.1, 0.15) is 0 Å². The Balaban J connectivity index is 1.95. The van der Waals surface area contributed by atoms with Gasteiger partial charge in [-0.1, -0.05) is 48.0 Å². The second-order valence-corrected chi connectivity index (χ2v) is 7.00. The maximum atomic E-state index is 3.76. The Morgan fingerprint density at radius 3 is 2.76 bits per heavy atom. The molecule has 1 unspecified atom stereocenters. The molecule has 1 aromatic heterocycles. The molecule has 1 aromatic carbocycles. The predicted molar refractivity (Wildman–Crippen MR) is 82.3 cm³/mol. The number of alkyl halides is 1. The summed E-state index contributed by atoms with van der Waals surface area (Å²) in [6.07, 6.45) is 3.75. The molecule has 2 heteroatoms.